The number of ether oxygens (including phenoxy) is 1. The van der Waals surface area contributed by atoms with E-state index in [1.165, 1.54) is 24.3 Å². The van der Waals surface area contributed by atoms with Gasteiger partial charge in [0.1, 0.15) is 0 Å². The number of esters is 1. The van der Waals surface area contributed by atoms with E-state index >= 15 is 0 Å². The number of benzene rings is 2. The van der Waals surface area contributed by atoms with Crippen molar-refractivity contribution >= 4 is 50.6 Å². The molecule has 12 heteroatoms. The number of sulfone groups is 1. The van der Waals surface area contributed by atoms with Crippen LogP contribution >= 0.6 is 23.2 Å². The molecule has 0 aliphatic rings. The van der Waals surface area contributed by atoms with Gasteiger partial charge >= 0.3 is 12.1 Å². The number of hydrogen-bond acceptors (Lipinski definition) is 5. The fourth-order valence-electron chi connectivity index (χ4n) is 2.18. The summed E-state index contributed by atoms with van der Waals surface area (Å²) in [5.41, 5.74) is -1.33. The topological polar surface area (TPSA) is 89.5 Å². The Bertz CT molecular complexity index is 1040. The number of rotatable bonds is 7. The van der Waals surface area contributed by atoms with Gasteiger partial charge < -0.3 is 10.1 Å². The highest BCUT2D eigenvalue weighted by atomic mass is 35.5. The smallest absolute Gasteiger partial charge is 0.416 e. The van der Waals surface area contributed by atoms with Crippen LogP contribution < -0.4 is 5.32 Å². The van der Waals surface area contributed by atoms with Crippen molar-refractivity contribution in [1.29, 1.82) is 0 Å². The maximum absolute atomic E-state index is 12.7. The van der Waals surface area contributed by atoms with Crippen molar-refractivity contribution in [2.24, 2.45) is 0 Å². The molecule has 2 rings (SSSR count). The van der Waals surface area contributed by atoms with Crippen LogP contribution in [0.1, 0.15) is 12.0 Å². The third-order valence-electron chi connectivity index (χ3n) is 3.68. The SMILES string of the molecule is O=C(COC(=O)CCS(=O)(=O)c1ccc(Cl)cc1)Nc1cc(C(F)(F)F)ccc1Cl. The summed E-state index contributed by atoms with van der Waals surface area (Å²) in [6.07, 6.45) is -5.16. The molecule has 6 nitrogen and oxygen atoms in total. The minimum Gasteiger partial charge on any atom is -0.456 e. The normalized spacial score (nSPS) is 11.8. The van der Waals surface area contributed by atoms with Gasteiger partial charge in [-0.15, -0.1) is 0 Å². The molecule has 0 saturated carbocycles. The van der Waals surface area contributed by atoms with Crippen LogP contribution in [0.4, 0.5) is 18.9 Å². The van der Waals surface area contributed by atoms with Crippen LogP contribution in [0.3, 0.4) is 0 Å². The summed E-state index contributed by atoms with van der Waals surface area (Å²) in [7, 11) is -3.77. The van der Waals surface area contributed by atoms with Gasteiger partial charge in [-0.1, -0.05) is 23.2 Å². The minimum absolute atomic E-state index is 0.0309. The fourth-order valence-corrected chi connectivity index (χ4v) is 3.69. The molecule has 2 aromatic carbocycles. The van der Waals surface area contributed by atoms with Crippen molar-refractivity contribution in [3.8, 4) is 0 Å². The molecular formula is C18H14Cl2F3NO5S. The molecule has 1 N–H and O–H groups in total. The lowest BCUT2D eigenvalue weighted by Crippen LogP contribution is -2.22. The van der Waals surface area contributed by atoms with Crippen LogP contribution in [0.25, 0.3) is 0 Å². The van der Waals surface area contributed by atoms with Crippen molar-refractivity contribution in [3.05, 3.63) is 58.1 Å². The number of nitrogens with one attached hydrogen (secondary N) is 1. The predicted octanol–water partition coefficient (Wildman–Crippen LogP) is 4.36. The second kappa shape index (κ2) is 9.67. The molecule has 0 bridgehead atoms. The van der Waals surface area contributed by atoms with Gasteiger partial charge in [0.2, 0.25) is 0 Å². The van der Waals surface area contributed by atoms with Crippen molar-refractivity contribution < 1.29 is 35.9 Å². The molecule has 0 atom stereocenters. The lowest BCUT2D eigenvalue weighted by molar-refractivity contribution is -0.146. The molecule has 0 aliphatic carbocycles. The zero-order valence-electron chi connectivity index (χ0n) is 15.0. The highest BCUT2D eigenvalue weighted by Crippen LogP contribution is 2.33. The van der Waals surface area contributed by atoms with Crippen LogP contribution in [-0.2, 0) is 30.3 Å². The third kappa shape index (κ3) is 6.89. The first-order chi connectivity index (χ1) is 13.9. The van der Waals surface area contributed by atoms with Crippen molar-refractivity contribution in [1.82, 2.24) is 0 Å². The summed E-state index contributed by atoms with van der Waals surface area (Å²) in [6.45, 7) is -0.827. The average Bonchev–Trinajstić information content (AvgIpc) is 2.66. The first-order valence-corrected chi connectivity index (χ1v) is 10.6. The minimum atomic E-state index is -4.63. The molecule has 0 heterocycles. The molecule has 1 amide bonds. The highest BCUT2D eigenvalue weighted by Gasteiger charge is 2.31. The molecule has 0 fully saturated rings. The van der Waals surface area contributed by atoms with Crippen LogP contribution in [0.15, 0.2) is 47.4 Å². The average molecular weight is 484 g/mol. The van der Waals surface area contributed by atoms with Gasteiger partial charge in [-0.2, -0.15) is 13.2 Å². The van der Waals surface area contributed by atoms with Gasteiger partial charge in [-0.05, 0) is 42.5 Å². The zero-order valence-corrected chi connectivity index (χ0v) is 17.3. The molecule has 0 radical (unpaired) electrons. The number of alkyl halides is 3. The van der Waals surface area contributed by atoms with Gasteiger partial charge in [-0.3, -0.25) is 9.59 Å². The molecule has 2 aromatic rings. The molecule has 0 aromatic heterocycles. The summed E-state index contributed by atoms with van der Waals surface area (Å²) in [6, 6.07) is 7.70. The molecular weight excluding hydrogens is 470 g/mol. The Morgan fingerprint density at radius 1 is 1.03 bits per heavy atom. The first-order valence-electron chi connectivity index (χ1n) is 8.19. The van der Waals surface area contributed by atoms with E-state index in [0.717, 1.165) is 12.1 Å². The van der Waals surface area contributed by atoms with Crippen molar-refractivity contribution in [3.63, 3.8) is 0 Å². The Morgan fingerprint density at radius 2 is 1.67 bits per heavy atom. The lowest BCUT2D eigenvalue weighted by Gasteiger charge is -2.12. The summed E-state index contributed by atoms with van der Waals surface area (Å²) in [5, 5.41) is 2.31. The van der Waals surface area contributed by atoms with E-state index < -0.39 is 52.2 Å². The van der Waals surface area contributed by atoms with E-state index in [1.54, 1.807) is 0 Å². The predicted molar refractivity (Wildman–Crippen MR) is 104 cm³/mol. The van der Waals surface area contributed by atoms with Gasteiger partial charge in [0.25, 0.3) is 5.91 Å². The van der Waals surface area contributed by atoms with Crippen LogP contribution in [0.2, 0.25) is 10.0 Å². The van der Waals surface area contributed by atoms with Crippen LogP contribution in [0.5, 0.6) is 0 Å². The molecule has 0 spiro atoms. The summed E-state index contributed by atoms with van der Waals surface area (Å²) >= 11 is 11.4. The summed E-state index contributed by atoms with van der Waals surface area (Å²) < 4.78 is 67.1. The highest BCUT2D eigenvalue weighted by molar-refractivity contribution is 7.91. The van der Waals surface area contributed by atoms with Crippen LogP contribution in [0, 0.1) is 0 Å². The van der Waals surface area contributed by atoms with Crippen LogP contribution in [-0.4, -0.2) is 32.7 Å². The number of carbonyl (C=O) groups is 2. The van der Waals surface area contributed by atoms with E-state index in [4.69, 9.17) is 23.2 Å². The Morgan fingerprint density at radius 3 is 2.27 bits per heavy atom. The maximum atomic E-state index is 12.7. The number of hydrogen-bond donors (Lipinski definition) is 1. The Labute approximate surface area is 179 Å². The zero-order chi connectivity index (χ0) is 22.5. The maximum Gasteiger partial charge on any atom is 0.416 e. The lowest BCUT2D eigenvalue weighted by atomic mass is 10.2. The third-order valence-corrected chi connectivity index (χ3v) is 5.99. The Balaban J connectivity index is 1.88. The molecule has 0 saturated heterocycles. The summed E-state index contributed by atoms with van der Waals surface area (Å²) in [5.74, 6) is -2.47. The quantitative estimate of drug-likeness (QED) is 0.591. The summed E-state index contributed by atoms with van der Waals surface area (Å²) in [4.78, 5) is 23.5. The van der Waals surface area contributed by atoms with Gasteiger partial charge in [0.05, 0.1) is 33.3 Å². The van der Waals surface area contributed by atoms with E-state index in [-0.39, 0.29) is 15.6 Å². The van der Waals surface area contributed by atoms with Gasteiger partial charge in [-0.25, -0.2) is 8.42 Å². The van der Waals surface area contributed by atoms with Crippen molar-refractivity contribution in [2.45, 2.75) is 17.5 Å². The van der Waals surface area contributed by atoms with E-state index in [9.17, 15) is 31.2 Å². The first kappa shape index (κ1) is 24.0. The monoisotopic (exact) mass is 483 g/mol. The molecule has 0 unspecified atom stereocenters. The van der Waals surface area contributed by atoms with E-state index in [0.29, 0.717) is 11.1 Å². The number of amides is 1. The second-order valence-corrected chi connectivity index (χ2v) is 8.88. The molecule has 162 valence electrons. The molecule has 30 heavy (non-hydrogen) atoms. The molecule has 0 aliphatic heterocycles. The number of carbonyl (C=O) groups excluding carboxylic acids is 2. The standard InChI is InChI=1S/C18H14Cl2F3NO5S/c19-12-2-4-13(5-3-12)30(27,28)8-7-17(26)29-10-16(25)24-15-9-11(18(21,22)23)1-6-14(15)20/h1-6,9H,7-8,10H2,(H,24,25). The Hall–Kier alpha value is -2.30. The number of halogens is 5. The van der Waals surface area contributed by atoms with E-state index in [1.807, 2.05) is 0 Å². The van der Waals surface area contributed by atoms with E-state index in [2.05, 4.69) is 10.1 Å². The van der Waals surface area contributed by atoms with Gasteiger partial charge in [0.15, 0.2) is 16.4 Å². The van der Waals surface area contributed by atoms with Crippen molar-refractivity contribution in [2.75, 3.05) is 17.7 Å². The Kier molecular flexibility index (Phi) is 7.73. The van der Waals surface area contributed by atoms with Gasteiger partial charge in [0, 0.05) is 5.02 Å². The largest absolute Gasteiger partial charge is 0.456 e. The fraction of sp³-hybridized carbons (Fsp3) is 0.222. The second-order valence-electron chi connectivity index (χ2n) is 5.92. The number of anilines is 1.